The Bertz CT molecular complexity index is 1860. The first-order valence-corrected chi connectivity index (χ1v) is 11.4. The fraction of sp³-hybridized carbons (Fsp3) is 0.0333. The van der Waals surface area contributed by atoms with Gasteiger partial charge in [0.1, 0.15) is 5.84 Å². The zero-order chi connectivity index (χ0) is 21.5. The van der Waals surface area contributed by atoms with Crippen LogP contribution in [0.1, 0.15) is 0 Å². The quantitative estimate of drug-likeness (QED) is 0.255. The molecule has 3 nitrogen and oxygen atoms in total. The van der Waals surface area contributed by atoms with Crippen LogP contribution in [0.2, 0.25) is 0 Å². The summed E-state index contributed by atoms with van der Waals surface area (Å²) >= 11 is 0. The summed E-state index contributed by atoms with van der Waals surface area (Å²) in [5, 5.41) is 6.41. The van der Waals surface area contributed by atoms with Gasteiger partial charge in [-0.25, -0.2) is 0 Å². The minimum Gasteiger partial charge on any atom is -0.316 e. The van der Waals surface area contributed by atoms with Crippen LogP contribution < -0.4 is 0 Å². The Labute approximate surface area is 190 Å². The third-order valence-corrected chi connectivity index (χ3v) is 7.09. The van der Waals surface area contributed by atoms with Crippen LogP contribution in [-0.2, 0) is 0 Å². The Morgan fingerprint density at radius 1 is 0.758 bits per heavy atom. The van der Waals surface area contributed by atoms with Crippen molar-refractivity contribution in [3.05, 3.63) is 115 Å². The molecule has 154 valence electrons. The van der Waals surface area contributed by atoms with E-state index < -0.39 is 0 Å². The molecular formula is C30H19N3. The van der Waals surface area contributed by atoms with Gasteiger partial charge in [-0.15, -0.1) is 0 Å². The Kier molecular flexibility index (Phi) is 3.19. The monoisotopic (exact) mass is 421 g/mol. The molecule has 0 N–H and O–H groups in total. The minimum absolute atomic E-state index is 0.117. The number of para-hydroxylation sites is 1. The topological polar surface area (TPSA) is 22.2 Å². The maximum atomic E-state index is 5.09. The Morgan fingerprint density at radius 2 is 1.70 bits per heavy atom. The highest BCUT2D eigenvalue weighted by Gasteiger charge is 2.24. The van der Waals surface area contributed by atoms with E-state index in [1.165, 1.54) is 54.7 Å². The van der Waals surface area contributed by atoms with E-state index in [1.54, 1.807) is 0 Å². The minimum atomic E-state index is 0.117. The number of nitrogens with zero attached hydrogens (tertiary/aromatic N) is 3. The van der Waals surface area contributed by atoms with Gasteiger partial charge in [0.15, 0.2) is 0 Å². The number of benzene rings is 4. The van der Waals surface area contributed by atoms with Gasteiger partial charge >= 0.3 is 0 Å². The summed E-state index contributed by atoms with van der Waals surface area (Å²) in [6.45, 7) is 0. The van der Waals surface area contributed by atoms with Crippen molar-refractivity contribution in [1.82, 2.24) is 9.13 Å². The number of aromatic nitrogens is 2. The van der Waals surface area contributed by atoms with Crippen molar-refractivity contribution >= 4 is 49.3 Å². The van der Waals surface area contributed by atoms with E-state index in [0.717, 1.165) is 5.84 Å². The lowest BCUT2D eigenvalue weighted by Gasteiger charge is -2.10. The zero-order valence-corrected chi connectivity index (χ0v) is 17.8. The average Bonchev–Trinajstić information content (AvgIpc) is 3.56. The number of hydrogen-bond donors (Lipinski definition) is 0. The first-order chi connectivity index (χ1) is 16.4. The summed E-state index contributed by atoms with van der Waals surface area (Å²) in [5.74, 6) is 1.01. The maximum Gasteiger partial charge on any atom is 0.133 e. The number of aliphatic imine (C=N–C) groups is 1. The van der Waals surface area contributed by atoms with Crippen LogP contribution in [0, 0.1) is 0 Å². The average molecular weight is 422 g/mol. The van der Waals surface area contributed by atoms with Crippen LogP contribution in [0.3, 0.4) is 0 Å². The summed E-state index contributed by atoms with van der Waals surface area (Å²) in [6.07, 6.45) is 12.9. The van der Waals surface area contributed by atoms with Crippen LogP contribution in [0.25, 0.3) is 49.2 Å². The smallest absolute Gasteiger partial charge is 0.133 e. The van der Waals surface area contributed by atoms with Crippen molar-refractivity contribution in [3.8, 4) is 5.69 Å². The summed E-state index contributed by atoms with van der Waals surface area (Å²) in [4.78, 5) is 5.09. The molecule has 8 rings (SSSR count). The van der Waals surface area contributed by atoms with Gasteiger partial charge in [0.2, 0.25) is 0 Å². The molecule has 2 aromatic heterocycles. The normalized spacial score (nSPS) is 17.5. The van der Waals surface area contributed by atoms with Crippen molar-refractivity contribution in [2.45, 2.75) is 6.04 Å². The molecule has 0 fully saturated rings. The van der Waals surface area contributed by atoms with Gasteiger partial charge < -0.3 is 4.57 Å². The molecule has 3 heterocycles. The summed E-state index contributed by atoms with van der Waals surface area (Å²) in [5.41, 5.74) is 6.12. The highest BCUT2D eigenvalue weighted by molar-refractivity contribution is 6.31. The Morgan fingerprint density at radius 3 is 2.61 bits per heavy atom. The molecule has 1 atom stereocenters. The standard InChI is InChI=1S/C30H19N3/c1-2-9-22(10-3-1)32-16-15-21-17-26-29-23(30(21)32)14-13-19-8-6-12-25(28(19)29)33(26)27-18-20-7-4-5-11-24(20)31-27/h1-18,24H. The second kappa shape index (κ2) is 6.11. The number of rotatable bonds is 1. The molecule has 33 heavy (non-hydrogen) atoms. The van der Waals surface area contributed by atoms with E-state index >= 15 is 0 Å². The number of allylic oxidation sites excluding steroid dienone is 3. The molecule has 0 saturated carbocycles. The summed E-state index contributed by atoms with van der Waals surface area (Å²) in [6, 6.07) is 26.4. The lowest BCUT2D eigenvalue weighted by atomic mass is 10.0. The van der Waals surface area contributed by atoms with E-state index in [4.69, 9.17) is 4.99 Å². The van der Waals surface area contributed by atoms with Crippen LogP contribution in [0.4, 0.5) is 0 Å². The molecule has 1 aliphatic carbocycles. The molecule has 1 aliphatic heterocycles. The molecule has 0 bridgehead atoms. The molecule has 4 aromatic carbocycles. The highest BCUT2D eigenvalue weighted by atomic mass is 15.1. The second-order valence-electron chi connectivity index (χ2n) is 8.87. The lowest BCUT2D eigenvalue weighted by Crippen LogP contribution is -2.07. The van der Waals surface area contributed by atoms with Crippen LogP contribution in [0.15, 0.2) is 120 Å². The zero-order valence-electron chi connectivity index (χ0n) is 17.8. The van der Waals surface area contributed by atoms with Gasteiger partial charge in [0.25, 0.3) is 0 Å². The molecule has 0 spiro atoms. The maximum absolute atomic E-state index is 5.09. The third kappa shape index (κ3) is 2.21. The molecule has 3 heteroatoms. The fourth-order valence-electron chi connectivity index (χ4n) is 5.68. The van der Waals surface area contributed by atoms with E-state index in [1.807, 2.05) is 0 Å². The number of fused-ring (bicyclic) bond motifs is 3. The molecule has 0 radical (unpaired) electrons. The third-order valence-electron chi connectivity index (χ3n) is 7.09. The van der Waals surface area contributed by atoms with Crippen molar-refractivity contribution in [2.24, 2.45) is 4.99 Å². The first kappa shape index (κ1) is 17.2. The molecule has 0 amide bonds. The summed E-state index contributed by atoms with van der Waals surface area (Å²) in [7, 11) is 0. The van der Waals surface area contributed by atoms with E-state index in [9.17, 15) is 0 Å². The molecule has 6 aromatic rings. The van der Waals surface area contributed by atoms with Crippen molar-refractivity contribution < 1.29 is 0 Å². The van der Waals surface area contributed by atoms with Crippen molar-refractivity contribution in [3.63, 3.8) is 0 Å². The predicted molar refractivity (Wildman–Crippen MR) is 138 cm³/mol. The van der Waals surface area contributed by atoms with Gasteiger partial charge in [0.05, 0.1) is 22.6 Å². The Balaban J connectivity index is 1.53. The van der Waals surface area contributed by atoms with E-state index in [-0.39, 0.29) is 6.04 Å². The SMILES string of the molecule is C1=CC2=CC(n3c4cccc5ccc6c(c54)c3cc3ccn(-c4ccccc4)c36)=NC2C=C1. The predicted octanol–water partition coefficient (Wildman–Crippen LogP) is 7.01. The molecule has 0 saturated heterocycles. The van der Waals surface area contributed by atoms with Gasteiger partial charge in [-0.1, -0.05) is 66.8 Å². The molecule has 1 unspecified atom stereocenters. The van der Waals surface area contributed by atoms with Crippen molar-refractivity contribution in [1.29, 1.82) is 0 Å². The van der Waals surface area contributed by atoms with Crippen LogP contribution in [-0.4, -0.2) is 21.0 Å². The van der Waals surface area contributed by atoms with E-state index in [2.05, 4.69) is 119 Å². The van der Waals surface area contributed by atoms with Crippen LogP contribution in [0.5, 0.6) is 0 Å². The molecular weight excluding hydrogens is 402 g/mol. The summed E-state index contributed by atoms with van der Waals surface area (Å²) < 4.78 is 4.67. The van der Waals surface area contributed by atoms with Gasteiger partial charge in [0, 0.05) is 33.4 Å². The largest absolute Gasteiger partial charge is 0.316 e. The first-order valence-electron chi connectivity index (χ1n) is 11.4. The van der Waals surface area contributed by atoms with Crippen molar-refractivity contribution in [2.75, 3.05) is 0 Å². The highest BCUT2D eigenvalue weighted by Crippen LogP contribution is 2.42. The fourth-order valence-corrected chi connectivity index (χ4v) is 5.68. The van der Waals surface area contributed by atoms with Gasteiger partial charge in [-0.2, -0.15) is 0 Å². The Hall–Kier alpha value is -4.37. The van der Waals surface area contributed by atoms with E-state index in [0.29, 0.717) is 0 Å². The molecule has 2 aliphatic rings. The second-order valence-corrected chi connectivity index (χ2v) is 8.87. The number of hydrogen-bond acceptors (Lipinski definition) is 1. The lowest BCUT2D eigenvalue weighted by molar-refractivity contribution is 0.990. The van der Waals surface area contributed by atoms with Crippen LogP contribution >= 0.6 is 0 Å². The van der Waals surface area contributed by atoms with Gasteiger partial charge in [-0.05, 0) is 47.4 Å². The van der Waals surface area contributed by atoms with Gasteiger partial charge in [-0.3, -0.25) is 9.56 Å².